The molecule has 0 aromatic heterocycles. The number of carbonyl (C=O) groups excluding carboxylic acids is 2. The van der Waals surface area contributed by atoms with Crippen LogP contribution in [0.2, 0.25) is 0 Å². The molecule has 3 fully saturated rings. The van der Waals surface area contributed by atoms with E-state index in [2.05, 4.69) is 72.6 Å². The van der Waals surface area contributed by atoms with Crippen LogP contribution in [0.4, 0.5) is 0 Å². The summed E-state index contributed by atoms with van der Waals surface area (Å²) in [7, 11) is 0. The number of carbonyl (C=O) groups is 2. The van der Waals surface area contributed by atoms with Crippen molar-refractivity contribution in [3.05, 3.63) is 50.1 Å². The number of thiol groups is 1. The lowest BCUT2D eigenvalue weighted by Crippen LogP contribution is -2.56. The smallest absolute Gasteiger partial charge is 0.178 e. The number of Topliss-reactive ketones (excluding diaryl/α,β-unsaturated/α-hetero) is 1. The molecule has 8 atom stereocenters. The summed E-state index contributed by atoms with van der Waals surface area (Å²) in [5, 5.41) is 11.3. The number of hydrogen-bond donors (Lipinski definition) is 2. The molecule has 0 spiro atoms. The van der Waals surface area contributed by atoms with Gasteiger partial charge in [-0.3, -0.25) is 9.59 Å². The Bertz CT molecular complexity index is 779. The normalized spacial score (nSPS) is 40.8. The van der Waals surface area contributed by atoms with Crippen molar-refractivity contribution < 1.29 is 14.7 Å². The zero-order chi connectivity index (χ0) is 24.9. The second-order valence-corrected chi connectivity index (χ2v) is 9.93. The minimum Gasteiger partial charge on any atom is -0.393 e. The monoisotopic (exact) mass is 456 g/mol. The molecular weight excluding hydrogens is 416 g/mol. The third-order valence-electron chi connectivity index (χ3n) is 8.34. The van der Waals surface area contributed by atoms with Crippen LogP contribution in [0.3, 0.4) is 0 Å². The number of terminal acetylenes is 1. The molecule has 0 radical (unpaired) electrons. The molecule has 4 aliphatic rings. The summed E-state index contributed by atoms with van der Waals surface area (Å²) in [5.41, 5.74) is 0.820. The van der Waals surface area contributed by atoms with Gasteiger partial charge in [0.2, 0.25) is 0 Å². The maximum Gasteiger partial charge on any atom is 0.178 e. The van der Waals surface area contributed by atoms with E-state index in [0.717, 1.165) is 19.3 Å². The molecule has 0 aromatic carbocycles. The Morgan fingerprint density at radius 1 is 1.25 bits per heavy atom. The van der Waals surface area contributed by atoms with Crippen molar-refractivity contribution in [2.45, 2.75) is 52.6 Å². The molecule has 0 amide bonds. The average molecular weight is 457 g/mol. The van der Waals surface area contributed by atoms with Crippen LogP contribution in [0.1, 0.15) is 46.5 Å². The van der Waals surface area contributed by atoms with Crippen molar-refractivity contribution in [2.75, 3.05) is 5.75 Å². The topological polar surface area (TPSA) is 54.4 Å². The number of ketones is 2. The maximum absolute atomic E-state index is 12.7. The zero-order valence-corrected chi connectivity index (χ0v) is 20.8. The molecule has 0 heterocycles. The van der Waals surface area contributed by atoms with Crippen LogP contribution in [0.25, 0.3) is 0 Å². The summed E-state index contributed by atoms with van der Waals surface area (Å²) < 4.78 is 0. The fourth-order valence-corrected chi connectivity index (χ4v) is 7.67. The largest absolute Gasteiger partial charge is 0.393 e. The lowest BCUT2D eigenvalue weighted by molar-refractivity contribution is -0.138. The second kappa shape index (κ2) is 11.3. The average Bonchev–Trinajstić information content (AvgIpc) is 3.07. The molecule has 3 nitrogen and oxygen atoms in total. The molecule has 4 rings (SSSR count). The van der Waals surface area contributed by atoms with E-state index in [0.29, 0.717) is 24.2 Å². The number of aliphatic hydroxyl groups is 1. The molecule has 32 heavy (non-hydrogen) atoms. The molecule has 0 aromatic rings. The van der Waals surface area contributed by atoms with Gasteiger partial charge in [-0.2, -0.15) is 12.6 Å². The first-order valence-electron chi connectivity index (χ1n) is 11.3. The van der Waals surface area contributed by atoms with E-state index in [4.69, 9.17) is 0 Å². The Morgan fingerprint density at radius 3 is 2.41 bits per heavy atom. The van der Waals surface area contributed by atoms with Crippen LogP contribution in [0.15, 0.2) is 50.1 Å². The molecule has 0 aliphatic heterocycles. The number of rotatable bonds is 2. The minimum absolute atomic E-state index is 0.00817. The lowest BCUT2D eigenvalue weighted by atomic mass is 9.46. The van der Waals surface area contributed by atoms with E-state index in [1.165, 1.54) is 5.57 Å². The zero-order valence-electron chi connectivity index (χ0n) is 19.9. The number of hydrogen-bond acceptors (Lipinski definition) is 4. The van der Waals surface area contributed by atoms with Gasteiger partial charge >= 0.3 is 0 Å². The highest BCUT2D eigenvalue weighted by atomic mass is 32.1. The highest BCUT2D eigenvalue weighted by molar-refractivity contribution is 7.81. The van der Waals surface area contributed by atoms with Crippen LogP contribution < -0.4 is 0 Å². The van der Waals surface area contributed by atoms with Crippen LogP contribution in [-0.2, 0) is 9.59 Å². The summed E-state index contributed by atoms with van der Waals surface area (Å²) in [6.45, 7) is 18.6. The van der Waals surface area contributed by atoms with Gasteiger partial charge < -0.3 is 5.11 Å². The Morgan fingerprint density at radius 2 is 1.84 bits per heavy atom. The molecule has 0 saturated heterocycles. The van der Waals surface area contributed by atoms with E-state index in [-0.39, 0.29) is 40.0 Å². The predicted octanol–water partition coefficient (Wildman–Crippen LogP) is 5.48. The van der Waals surface area contributed by atoms with Gasteiger partial charge in [-0.25, -0.2) is 0 Å². The molecule has 4 heteroatoms. The van der Waals surface area contributed by atoms with E-state index in [9.17, 15) is 14.7 Å². The van der Waals surface area contributed by atoms with Crippen molar-refractivity contribution in [1.82, 2.24) is 0 Å². The molecule has 3 saturated carbocycles. The van der Waals surface area contributed by atoms with Crippen molar-refractivity contribution in [3.8, 4) is 12.8 Å². The van der Waals surface area contributed by atoms with Crippen LogP contribution in [0.5, 0.6) is 0 Å². The second-order valence-electron chi connectivity index (χ2n) is 9.62. The first-order chi connectivity index (χ1) is 15.2. The molecule has 176 valence electrons. The molecule has 0 bridgehead atoms. The van der Waals surface area contributed by atoms with Crippen LogP contribution in [-0.4, -0.2) is 28.5 Å². The Balaban J connectivity index is 0.000000789. The van der Waals surface area contributed by atoms with E-state index < -0.39 is 6.10 Å². The van der Waals surface area contributed by atoms with Crippen LogP contribution >= 0.6 is 12.6 Å². The number of allylic oxidation sites excluding steroid dienone is 4. The highest BCUT2D eigenvalue weighted by Crippen LogP contribution is 2.67. The third-order valence-corrected chi connectivity index (χ3v) is 8.65. The Kier molecular flexibility index (Phi) is 10.00. The van der Waals surface area contributed by atoms with Gasteiger partial charge in [0, 0.05) is 23.0 Å². The van der Waals surface area contributed by atoms with Crippen molar-refractivity contribution in [2.24, 2.45) is 40.4 Å². The summed E-state index contributed by atoms with van der Waals surface area (Å²) in [6.07, 6.45) is 16.8. The van der Waals surface area contributed by atoms with Crippen molar-refractivity contribution >= 4 is 24.2 Å². The van der Waals surface area contributed by atoms with E-state index in [1.807, 2.05) is 6.08 Å². The Hall–Kier alpha value is -1.83. The summed E-state index contributed by atoms with van der Waals surface area (Å²) in [4.78, 5) is 24.5. The lowest BCUT2D eigenvalue weighted by Gasteiger charge is -2.58. The Labute approximate surface area is 200 Å². The van der Waals surface area contributed by atoms with Gasteiger partial charge in [-0.15, -0.1) is 39.2 Å². The predicted molar refractivity (Wildman–Crippen MR) is 137 cm³/mol. The van der Waals surface area contributed by atoms with Crippen molar-refractivity contribution in [1.29, 1.82) is 0 Å². The molecular formula is C28H40O3S. The minimum atomic E-state index is -0.437. The van der Waals surface area contributed by atoms with Crippen LogP contribution in [0, 0.1) is 53.3 Å². The van der Waals surface area contributed by atoms with Gasteiger partial charge in [-0.05, 0) is 61.0 Å². The summed E-state index contributed by atoms with van der Waals surface area (Å²) in [6, 6.07) is 0. The van der Waals surface area contributed by atoms with Gasteiger partial charge in [0.05, 0.1) is 6.10 Å². The van der Waals surface area contributed by atoms with Gasteiger partial charge in [-0.1, -0.05) is 32.4 Å². The summed E-state index contributed by atoms with van der Waals surface area (Å²) >= 11 is 4.26. The fourth-order valence-electron chi connectivity index (χ4n) is 7.48. The van der Waals surface area contributed by atoms with E-state index >= 15 is 0 Å². The van der Waals surface area contributed by atoms with E-state index in [1.54, 1.807) is 12.2 Å². The number of aliphatic hydroxyl groups excluding tert-OH is 1. The highest BCUT2D eigenvalue weighted by Gasteiger charge is 2.63. The van der Waals surface area contributed by atoms with Gasteiger partial charge in [0.25, 0.3) is 0 Å². The maximum atomic E-state index is 12.7. The third kappa shape index (κ3) is 4.47. The van der Waals surface area contributed by atoms with Gasteiger partial charge in [0.15, 0.2) is 5.78 Å². The molecule has 4 aliphatic carbocycles. The molecule has 3 unspecified atom stereocenters. The van der Waals surface area contributed by atoms with Crippen molar-refractivity contribution in [3.63, 3.8) is 0 Å². The SMILES string of the molecule is C#C.C=C.C=C.C[C@@H]1CC2[C@@H]3CCC4=CC(=O)C=C[C@]4(C)C3[C@@H](O)C[C@]2(C)C1C(=O)CS. The summed E-state index contributed by atoms with van der Waals surface area (Å²) in [5.74, 6) is 1.96. The molecule has 1 N–H and O–H groups in total. The quantitative estimate of drug-likeness (QED) is 0.329. The van der Waals surface area contributed by atoms with Gasteiger partial charge in [0.1, 0.15) is 5.78 Å². The fraction of sp³-hybridized carbons (Fsp3) is 0.571. The standard InChI is InChI=1S/C22H30O3S.2C2H4.C2H2/c1-12-8-16-15-5-4-13-9-14(23)6-7-21(13,2)20(15)17(24)10-22(16,3)19(12)18(25)11-26;3*1-2/h6-7,9,12,15-17,19-20,24,26H,4-5,8,10-11H2,1-3H3;2*1-2H2;1-2H/t12-,15+,16?,17+,19?,20?,21+,22+;;;/m1.../s1. The first kappa shape index (κ1) is 28.2. The first-order valence-corrected chi connectivity index (χ1v) is 11.9. The number of fused-ring (bicyclic) bond motifs is 5.